The summed E-state index contributed by atoms with van der Waals surface area (Å²) in [5.41, 5.74) is 4.54. The molecule has 0 fully saturated rings. The van der Waals surface area contributed by atoms with Gasteiger partial charge in [-0.2, -0.15) is 0 Å². The molecule has 0 aliphatic heterocycles. The SMILES string of the molecule is CCCCOCCOc1ccc(-c2cc(F)c(OC)c(/C=C/C(=O)Cc3ccc(S(=O)Cc4c(C)ncn4CC)cc3)c2)cc1. The van der Waals surface area contributed by atoms with Crippen LogP contribution >= 0.6 is 0 Å². The van der Waals surface area contributed by atoms with Crippen molar-refractivity contribution in [2.45, 2.75) is 57.2 Å². The zero-order valence-corrected chi connectivity index (χ0v) is 27.2. The van der Waals surface area contributed by atoms with E-state index in [0.717, 1.165) is 48.5 Å². The Morgan fingerprint density at radius 3 is 2.44 bits per heavy atom. The van der Waals surface area contributed by atoms with Gasteiger partial charge in [0.1, 0.15) is 12.4 Å². The highest BCUT2D eigenvalue weighted by Gasteiger charge is 2.14. The van der Waals surface area contributed by atoms with Crippen molar-refractivity contribution < 1.29 is 27.6 Å². The molecule has 1 aromatic heterocycles. The second-order valence-electron chi connectivity index (χ2n) is 10.6. The second kappa shape index (κ2) is 16.8. The largest absolute Gasteiger partial charge is 0.493 e. The average molecular weight is 633 g/mol. The summed E-state index contributed by atoms with van der Waals surface area (Å²) in [7, 11) is 0.166. The molecule has 1 heterocycles. The normalized spacial score (nSPS) is 12.0. The van der Waals surface area contributed by atoms with E-state index >= 15 is 4.39 Å². The number of hydrogen-bond acceptors (Lipinski definition) is 6. The molecule has 238 valence electrons. The Bertz CT molecular complexity index is 1610. The molecule has 0 amide bonds. The van der Waals surface area contributed by atoms with Gasteiger partial charge in [-0.1, -0.05) is 37.6 Å². The van der Waals surface area contributed by atoms with Gasteiger partial charge in [0.15, 0.2) is 17.3 Å². The van der Waals surface area contributed by atoms with Crippen LogP contribution in [0.4, 0.5) is 4.39 Å². The number of imidazole rings is 1. The number of aromatic nitrogens is 2. The number of halogens is 1. The lowest BCUT2D eigenvalue weighted by atomic mass is 10.0. The van der Waals surface area contributed by atoms with Gasteiger partial charge in [-0.15, -0.1) is 0 Å². The zero-order chi connectivity index (χ0) is 32.2. The number of nitrogens with zero attached hydrogens (tertiary/aromatic N) is 2. The summed E-state index contributed by atoms with van der Waals surface area (Å²) < 4.78 is 46.6. The molecular formula is C36H41FN2O5S. The van der Waals surface area contributed by atoms with Crippen molar-refractivity contribution in [3.05, 3.63) is 101 Å². The molecule has 7 nitrogen and oxygen atoms in total. The van der Waals surface area contributed by atoms with Crippen LogP contribution in [0.5, 0.6) is 11.5 Å². The van der Waals surface area contributed by atoms with Gasteiger partial charge in [0.25, 0.3) is 0 Å². The Morgan fingerprint density at radius 2 is 1.76 bits per heavy atom. The minimum Gasteiger partial charge on any atom is -0.493 e. The van der Waals surface area contributed by atoms with Crippen LogP contribution in [0.1, 0.15) is 49.2 Å². The van der Waals surface area contributed by atoms with Crippen LogP contribution in [0, 0.1) is 12.7 Å². The fourth-order valence-corrected chi connectivity index (χ4v) is 6.04. The van der Waals surface area contributed by atoms with Crippen LogP contribution in [0.2, 0.25) is 0 Å². The fraction of sp³-hybridized carbons (Fsp3) is 0.333. The highest BCUT2D eigenvalue weighted by molar-refractivity contribution is 7.84. The Labute approximate surface area is 267 Å². The van der Waals surface area contributed by atoms with Crippen LogP contribution in [-0.2, 0) is 39.0 Å². The summed E-state index contributed by atoms with van der Waals surface area (Å²) >= 11 is 0. The lowest BCUT2D eigenvalue weighted by Crippen LogP contribution is -2.07. The van der Waals surface area contributed by atoms with Crippen molar-refractivity contribution in [3.8, 4) is 22.6 Å². The van der Waals surface area contributed by atoms with E-state index in [4.69, 9.17) is 14.2 Å². The number of hydrogen-bond donors (Lipinski definition) is 0. The number of methoxy groups -OCH3 is 1. The van der Waals surface area contributed by atoms with Crippen molar-refractivity contribution in [2.24, 2.45) is 0 Å². The Kier molecular flexibility index (Phi) is 12.7. The number of ether oxygens (including phenoxy) is 3. The molecule has 0 saturated carbocycles. The van der Waals surface area contributed by atoms with Gasteiger partial charge < -0.3 is 18.8 Å². The third-order valence-electron chi connectivity index (χ3n) is 7.38. The molecule has 1 unspecified atom stereocenters. The first-order valence-corrected chi connectivity index (χ1v) is 16.5. The van der Waals surface area contributed by atoms with E-state index in [1.54, 1.807) is 30.6 Å². The van der Waals surface area contributed by atoms with Crippen LogP contribution in [0.3, 0.4) is 0 Å². The van der Waals surface area contributed by atoms with Gasteiger partial charge in [-0.3, -0.25) is 9.00 Å². The first-order valence-electron chi connectivity index (χ1n) is 15.2. The van der Waals surface area contributed by atoms with E-state index in [1.165, 1.54) is 19.3 Å². The molecule has 0 N–H and O–H groups in total. The lowest BCUT2D eigenvalue weighted by molar-refractivity contribution is -0.113. The van der Waals surface area contributed by atoms with E-state index in [0.29, 0.717) is 40.7 Å². The molecule has 4 aromatic rings. The maximum absolute atomic E-state index is 15.0. The van der Waals surface area contributed by atoms with Crippen LogP contribution < -0.4 is 9.47 Å². The van der Waals surface area contributed by atoms with Gasteiger partial charge >= 0.3 is 0 Å². The number of carbonyl (C=O) groups is 1. The van der Waals surface area contributed by atoms with Crippen molar-refractivity contribution in [2.75, 3.05) is 26.9 Å². The number of aryl methyl sites for hydroxylation is 2. The molecule has 0 saturated heterocycles. The van der Waals surface area contributed by atoms with E-state index < -0.39 is 16.6 Å². The minimum absolute atomic E-state index is 0.0670. The Hall–Kier alpha value is -4.08. The molecule has 0 aliphatic carbocycles. The molecular weight excluding hydrogens is 591 g/mol. The summed E-state index contributed by atoms with van der Waals surface area (Å²) in [6, 6.07) is 17.8. The summed E-state index contributed by atoms with van der Waals surface area (Å²) in [4.78, 5) is 17.9. The van der Waals surface area contributed by atoms with Gasteiger partial charge in [-0.25, -0.2) is 9.37 Å². The summed E-state index contributed by atoms with van der Waals surface area (Å²) in [6.07, 6.45) is 7.06. The van der Waals surface area contributed by atoms with Crippen LogP contribution in [0.25, 0.3) is 17.2 Å². The van der Waals surface area contributed by atoms with E-state index in [9.17, 15) is 9.00 Å². The van der Waals surface area contributed by atoms with Gasteiger partial charge in [-0.05, 0) is 85.5 Å². The van der Waals surface area contributed by atoms with Crippen molar-refractivity contribution in [3.63, 3.8) is 0 Å². The molecule has 45 heavy (non-hydrogen) atoms. The Balaban J connectivity index is 1.38. The number of allylic oxidation sites excluding steroid dienone is 1. The highest BCUT2D eigenvalue weighted by atomic mass is 32.2. The molecule has 9 heteroatoms. The van der Waals surface area contributed by atoms with Gasteiger partial charge in [0.2, 0.25) is 0 Å². The number of unbranched alkanes of at least 4 members (excludes halogenated alkanes) is 1. The summed E-state index contributed by atoms with van der Waals surface area (Å²) in [6.45, 7) is 8.55. The number of ketones is 1. The fourth-order valence-electron chi connectivity index (χ4n) is 4.81. The minimum atomic E-state index is -1.23. The predicted octanol–water partition coefficient (Wildman–Crippen LogP) is 7.35. The van der Waals surface area contributed by atoms with Gasteiger partial charge in [0.05, 0.1) is 48.0 Å². The average Bonchev–Trinajstić information content (AvgIpc) is 3.40. The zero-order valence-electron chi connectivity index (χ0n) is 26.4. The van der Waals surface area contributed by atoms with Crippen molar-refractivity contribution >= 4 is 22.7 Å². The summed E-state index contributed by atoms with van der Waals surface area (Å²) in [5, 5.41) is 0. The lowest BCUT2D eigenvalue weighted by Gasteiger charge is -2.11. The molecule has 0 bridgehead atoms. The van der Waals surface area contributed by atoms with E-state index in [-0.39, 0.29) is 18.0 Å². The topological polar surface area (TPSA) is 79.7 Å². The number of rotatable bonds is 17. The first kappa shape index (κ1) is 33.8. The quantitative estimate of drug-likeness (QED) is 0.0895. The highest BCUT2D eigenvalue weighted by Crippen LogP contribution is 2.32. The monoisotopic (exact) mass is 632 g/mol. The standard InChI is InChI=1S/C36H41FN2O5S/c1-5-7-18-43-19-20-44-32-14-11-28(12-15-32)30-22-29(36(42-4)34(37)23-30)10-13-31(40)21-27-8-16-33(17-9-27)45(41)24-35-26(3)38-25-39(35)6-2/h8-17,22-23,25H,5-7,18-21,24H2,1-4H3/b13-10+. The molecule has 3 aromatic carbocycles. The van der Waals surface area contributed by atoms with Crippen molar-refractivity contribution in [1.29, 1.82) is 0 Å². The first-order chi connectivity index (χ1) is 21.8. The second-order valence-corrected chi connectivity index (χ2v) is 12.0. The van der Waals surface area contributed by atoms with E-state index in [2.05, 4.69) is 11.9 Å². The maximum Gasteiger partial charge on any atom is 0.166 e. The van der Waals surface area contributed by atoms with Crippen LogP contribution in [-0.4, -0.2) is 46.5 Å². The van der Waals surface area contributed by atoms with Gasteiger partial charge in [0, 0.05) is 30.0 Å². The van der Waals surface area contributed by atoms with Crippen molar-refractivity contribution in [1.82, 2.24) is 9.55 Å². The third-order valence-corrected chi connectivity index (χ3v) is 8.71. The molecule has 0 aliphatic rings. The number of benzene rings is 3. The predicted molar refractivity (Wildman–Crippen MR) is 177 cm³/mol. The molecule has 0 radical (unpaired) electrons. The third kappa shape index (κ3) is 9.45. The summed E-state index contributed by atoms with van der Waals surface area (Å²) in [5.74, 6) is 0.477. The molecule has 0 spiro atoms. The smallest absolute Gasteiger partial charge is 0.166 e. The van der Waals surface area contributed by atoms with E-state index in [1.807, 2.05) is 54.8 Å². The number of carbonyl (C=O) groups excluding carboxylic acids is 1. The molecule has 1 atom stereocenters. The van der Waals surface area contributed by atoms with Crippen LogP contribution in [0.15, 0.2) is 78.0 Å². The Morgan fingerprint density at radius 1 is 1.00 bits per heavy atom. The maximum atomic E-state index is 15.0. The molecule has 4 rings (SSSR count).